The van der Waals surface area contributed by atoms with Gasteiger partial charge < -0.3 is 10.2 Å². The minimum Gasteiger partial charge on any atom is -0.459 e. The van der Waals surface area contributed by atoms with Crippen molar-refractivity contribution in [3.63, 3.8) is 0 Å². The van der Waals surface area contributed by atoms with Gasteiger partial charge in [-0.2, -0.15) is 0 Å². The van der Waals surface area contributed by atoms with Gasteiger partial charge in [0.15, 0.2) is 0 Å². The highest BCUT2D eigenvalue weighted by Gasteiger charge is 2.16. The number of halogens is 1. The lowest BCUT2D eigenvalue weighted by molar-refractivity contribution is 0.468. The Hall–Kier alpha value is -1.79. The van der Waals surface area contributed by atoms with Gasteiger partial charge in [0.2, 0.25) is 0 Å². The summed E-state index contributed by atoms with van der Waals surface area (Å²) in [5.41, 5.74) is 7.67. The van der Waals surface area contributed by atoms with Crippen LogP contribution in [-0.2, 0) is 0 Å². The van der Waals surface area contributed by atoms with Crippen molar-refractivity contribution < 1.29 is 8.81 Å². The van der Waals surface area contributed by atoms with Gasteiger partial charge in [-0.25, -0.2) is 4.39 Å². The highest BCUT2D eigenvalue weighted by atomic mass is 19.1. The van der Waals surface area contributed by atoms with E-state index in [1.165, 1.54) is 12.1 Å². The van der Waals surface area contributed by atoms with Crippen LogP contribution in [0.2, 0.25) is 0 Å². The largest absolute Gasteiger partial charge is 0.459 e. The molecule has 0 aliphatic rings. The van der Waals surface area contributed by atoms with Crippen molar-refractivity contribution in [3.8, 4) is 12.3 Å². The first-order valence-corrected chi connectivity index (χ1v) is 6.01. The predicted molar refractivity (Wildman–Crippen MR) is 70.5 cm³/mol. The van der Waals surface area contributed by atoms with E-state index in [4.69, 9.17) is 16.6 Å². The molecule has 1 aromatic heterocycles. The highest BCUT2D eigenvalue weighted by molar-refractivity contribution is 5.82. The molecule has 18 heavy (non-hydrogen) atoms. The molecule has 2 rings (SSSR count). The summed E-state index contributed by atoms with van der Waals surface area (Å²) in [5.74, 6) is 3.05. The average molecular weight is 245 g/mol. The second-order valence-electron chi connectivity index (χ2n) is 4.43. The van der Waals surface area contributed by atoms with Gasteiger partial charge >= 0.3 is 0 Å². The van der Waals surface area contributed by atoms with Crippen LogP contribution in [0.3, 0.4) is 0 Å². The molecule has 1 heterocycles. The Labute approximate surface area is 106 Å². The summed E-state index contributed by atoms with van der Waals surface area (Å²) >= 11 is 0. The van der Waals surface area contributed by atoms with Crippen LogP contribution >= 0.6 is 0 Å². The third kappa shape index (κ3) is 2.39. The maximum atomic E-state index is 13.2. The Kier molecular flexibility index (Phi) is 3.69. The summed E-state index contributed by atoms with van der Waals surface area (Å²) in [7, 11) is 0. The zero-order valence-electron chi connectivity index (χ0n) is 10.4. The van der Waals surface area contributed by atoms with Crippen molar-refractivity contribution in [2.75, 3.05) is 0 Å². The minimum atomic E-state index is -0.265. The highest BCUT2D eigenvalue weighted by Crippen LogP contribution is 2.30. The maximum Gasteiger partial charge on any atom is 0.134 e. The molecular formula is C15H16FNO. The van der Waals surface area contributed by atoms with Crippen LogP contribution in [0, 0.1) is 25.1 Å². The molecule has 3 heteroatoms. The number of hydrogen-bond donors (Lipinski definition) is 1. The zero-order chi connectivity index (χ0) is 13.1. The zero-order valence-corrected chi connectivity index (χ0v) is 10.4. The molecular weight excluding hydrogens is 229 g/mol. The molecule has 1 atom stereocenters. The van der Waals surface area contributed by atoms with Crippen molar-refractivity contribution >= 4 is 11.0 Å². The van der Waals surface area contributed by atoms with Gasteiger partial charge in [-0.1, -0.05) is 0 Å². The first-order valence-electron chi connectivity index (χ1n) is 6.01. The lowest BCUT2D eigenvalue weighted by atomic mass is 10.0. The number of nitrogens with two attached hydrogens (primary N) is 1. The van der Waals surface area contributed by atoms with E-state index in [0.29, 0.717) is 12.0 Å². The summed E-state index contributed by atoms with van der Waals surface area (Å²) in [6, 6.07) is 4.31. The molecule has 0 saturated heterocycles. The molecule has 2 nitrogen and oxygen atoms in total. The van der Waals surface area contributed by atoms with Crippen molar-refractivity contribution in [2.24, 2.45) is 5.73 Å². The van der Waals surface area contributed by atoms with Crippen molar-refractivity contribution in [3.05, 3.63) is 35.3 Å². The van der Waals surface area contributed by atoms with Crippen molar-refractivity contribution in [1.29, 1.82) is 0 Å². The van der Waals surface area contributed by atoms with Gasteiger partial charge in [0, 0.05) is 17.4 Å². The van der Waals surface area contributed by atoms with Gasteiger partial charge in [0.05, 0.1) is 6.04 Å². The van der Waals surface area contributed by atoms with Crippen LogP contribution < -0.4 is 5.73 Å². The number of benzene rings is 1. The van der Waals surface area contributed by atoms with Crippen LogP contribution in [0.1, 0.15) is 36.6 Å². The fourth-order valence-corrected chi connectivity index (χ4v) is 2.12. The number of unbranched alkanes of at least 4 members (excludes halogenated alkanes) is 1. The number of hydrogen-bond acceptors (Lipinski definition) is 2. The molecule has 1 unspecified atom stereocenters. The number of aryl methyl sites for hydroxylation is 1. The van der Waals surface area contributed by atoms with Crippen molar-refractivity contribution in [1.82, 2.24) is 0 Å². The summed E-state index contributed by atoms with van der Waals surface area (Å²) in [4.78, 5) is 0. The third-order valence-corrected chi connectivity index (χ3v) is 3.11. The van der Waals surface area contributed by atoms with Gasteiger partial charge in [-0.3, -0.25) is 0 Å². The first-order chi connectivity index (χ1) is 8.63. The summed E-state index contributed by atoms with van der Waals surface area (Å²) in [6.45, 7) is 1.90. The van der Waals surface area contributed by atoms with Gasteiger partial charge in [0.1, 0.15) is 17.2 Å². The van der Waals surface area contributed by atoms with E-state index in [1.807, 2.05) is 6.92 Å². The first kappa shape index (κ1) is 12.7. The molecule has 0 aliphatic carbocycles. The predicted octanol–water partition coefficient (Wildman–Crippen LogP) is 3.68. The van der Waals surface area contributed by atoms with Gasteiger partial charge in [-0.15, -0.1) is 12.3 Å². The smallest absolute Gasteiger partial charge is 0.134 e. The number of furan rings is 1. The van der Waals surface area contributed by atoms with Gasteiger partial charge in [-0.05, 0) is 38.0 Å². The maximum absolute atomic E-state index is 13.2. The second kappa shape index (κ2) is 5.24. The summed E-state index contributed by atoms with van der Waals surface area (Å²) in [5, 5.41) is 0.789. The Balaban J connectivity index is 2.28. The Morgan fingerprint density at radius 2 is 2.28 bits per heavy atom. The number of fused-ring (bicyclic) bond motifs is 1. The topological polar surface area (TPSA) is 39.2 Å². The standard InChI is InChI=1S/C15H16FNO/c1-3-4-5-6-13(17)15-10(2)12-9-11(16)7-8-14(12)18-15/h1,7-9,13H,4-6,17H2,2H3. The van der Waals surface area contributed by atoms with Crippen molar-refractivity contribution in [2.45, 2.75) is 32.2 Å². The van der Waals surface area contributed by atoms with Crippen LogP contribution in [0.5, 0.6) is 0 Å². The van der Waals surface area contributed by atoms with E-state index in [9.17, 15) is 4.39 Å². The van der Waals surface area contributed by atoms with Crippen LogP contribution in [-0.4, -0.2) is 0 Å². The molecule has 0 aliphatic heterocycles. The molecule has 2 N–H and O–H groups in total. The molecule has 0 radical (unpaired) electrons. The molecule has 1 aromatic carbocycles. The molecule has 0 amide bonds. The average Bonchev–Trinajstić information content (AvgIpc) is 2.67. The minimum absolute atomic E-state index is 0.186. The summed E-state index contributed by atoms with van der Waals surface area (Å²) in [6.07, 6.45) is 7.55. The van der Waals surface area contributed by atoms with Crippen LogP contribution in [0.25, 0.3) is 11.0 Å². The second-order valence-corrected chi connectivity index (χ2v) is 4.43. The fourth-order valence-electron chi connectivity index (χ4n) is 2.12. The molecule has 0 fully saturated rings. The summed E-state index contributed by atoms with van der Waals surface area (Å²) < 4.78 is 18.9. The number of rotatable bonds is 4. The van der Waals surface area contributed by atoms with Gasteiger partial charge in [0.25, 0.3) is 0 Å². The van der Waals surface area contributed by atoms with Crippen LogP contribution in [0.4, 0.5) is 4.39 Å². The van der Waals surface area contributed by atoms with E-state index >= 15 is 0 Å². The molecule has 0 bridgehead atoms. The molecule has 0 spiro atoms. The monoisotopic (exact) mass is 245 g/mol. The lowest BCUT2D eigenvalue weighted by Gasteiger charge is -2.08. The van der Waals surface area contributed by atoms with E-state index < -0.39 is 0 Å². The van der Waals surface area contributed by atoms with E-state index in [0.717, 1.165) is 29.6 Å². The Morgan fingerprint density at radius 3 is 3.00 bits per heavy atom. The molecule has 2 aromatic rings. The Morgan fingerprint density at radius 1 is 1.50 bits per heavy atom. The molecule has 0 saturated carbocycles. The normalized spacial score (nSPS) is 12.6. The Bertz CT molecular complexity index is 594. The third-order valence-electron chi connectivity index (χ3n) is 3.11. The SMILES string of the molecule is C#CCCCC(N)c1oc2ccc(F)cc2c1C. The van der Waals surface area contributed by atoms with E-state index in [1.54, 1.807) is 6.07 Å². The van der Waals surface area contributed by atoms with Crippen LogP contribution in [0.15, 0.2) is 22.6 Å². The molecule has 94 valence electrons. The quantitative estimate of drug-likeness (QED) is 0.659. The number of terminal acetylenes is 1. The lowest BCUT2D eigenvalue weighted by Crippen LogP contribution is -2.10. The van der Waals surface area contributed by atoms with E-state index in [-0.39, 0.29) is 11.9 Å². The fraction of sp³-hybridized carbons (Fsp3) is 0.333. The van der Waals surface area contributed by atoms with E-state index in [2.05, 4.69) is 5.92 Å².